The predicted octanol–water partition coefficient (Wildman–Crippen LogP) is 2.62. The van der Waals surface area contributed by atoms with Crippen molar-refractivity contribution in [2.24, 2.45) is 7.05 Å². The molecular weight excluding hydrogens is 330 g/mol. The quantitative estimate of drug-likeness (QED) is 0.791. The number of carbonyl (C=O) groups excluding carboxylic acids is 1. The van der Waals surface area contributed by atoms with Crippen LogP contribution < -0.4 is 10.7 Å². The molecule has 2 aromatic heterocycles. The van der Waals surface area contributed by atoms with Crippen molar-refractivity contribution in [2.75, 3.05) is 5.32 Å². The molecule has 0 fully saturated rings. The summed E-state index contributed by atoms with van der Waals surface area (Å²) in [5, 5.41) is 11.7. The Balaban J connectivity index is 2.00. The number of amides is 1. The monoisotopic (exact) mass is 345 g/mol. The zero-order valence-corrected chi connectivity index (χ0v) is 14.2. The van der Waals surface area contributed by atoms with Crippen LogP contribution in [0.25, 0.3) is 10.9 Å². The summed E-state index contributed by atoms with van der Waals surface area (Å²) in [6.07, 6.45) is 3.23. The smallest absolute Gasteiger partial charge is 0.280 e. The van der Waals surface area contributed by atoms with E-state index in [1.54, 1.807) is 30.1 Å². The third-order valence-electron chi connectivity index (χ3n) is 3.62. The fraction of sp³-hybridized carbons (Fsp3) is 0.250. The molecule has 0 radical (unpaired) electrons. The highest BCUT2D eigenvalue weighted by Crippen LogP contribution is 2.16. The van der Waals surface area contributed by atoms with Gasteiger partial charge in [0.05, 0.1) is 22.8 Å². The Morgan fingerprint density at radius 3 is 2.75 bits per heavy atom. The van der Waals surface area contributed by atoms with Crippen LogP contribution in [0.3, 0.4) is 0 Å². The second-order valence-corrected chi connectivity index (χ2v) is 6.16. The first kappa shape index (κ1) is 16.2. The number of anilines is 1. The van der Waals surface area contributed by atoms with E-state index in [0.717, 1.165) is 0 Å². The van der Waals surface area contributed by atoms with Crippen LogP contribution in [0.15, 0.2) is 35.4 Å². The first-order valence-electron chi connectivity index (χ1n) is 7.39. The number of fused-ring (bicyclic) bond motifs is 1. The Kier molecular flexibility index (Phi) is 4.11. The molecule has 1 aromatic carbocycles. The van der Waals surface area contributed by atoms with Gasteiger partial charge in [-0.2, -0.15) is 10.2 Å². The second-order valence-electron chi connectivity index (χ2n) is 5.72. The highest BCUT2D eigenvalue weighted by Gasteiger charge is 2.17. The summed E-state index contributed by atoms with van der Waals surface area (Å²) >= 11 is 5.96. The molecule has 8 heteroatoms. The predicted molar refractivity (Wildman–Crippen MR) is 92.6 cm³/mol. The molecule has 3 aromatic rings. The topological polar surface area (TPSA) is 81.8 Å². The van der Waals surface area contributed by atoms with Crippen molar-refractivity contribution >= 4 is 34.1 Å². The molecule has 2 heterocycles. The molecule has 0 spiro atoms. The van der Waals surface area contributed by atoms with Gasteiger partial charge >= 0.3 is 0 Å². The Hall–Kier alpha value is -2.67. The minimum absolute atomic E-state index is 0.171. The lowest BCUT2D eigenvalue weighted by Crippen LogP contribution is -2.26. The lowest BCUT2D eigenvalue weighted by molar-refractivity contribution is 0.101. The Morgan fingerprint density at radius 1 is 1.33 bits per heavy atom. The molecule has 0 aliphatic heterocycles. The summed E-state index contributed by atoms with van der Waals surface area (Å²) in [6.45, 7) is 3.95. The first-order chi connectivity index (χ1) is 11.4. The van der Waals surface area contributed by atoms with Gasteiger partial charge in [0.1, 0.15) is 0 Å². The van der Waals surface area contributed by atoms with Gasteiger partial charge in [0, 0.05) is 24.3 Å². The van der Waals surface area contributed by atoms with Gasteiger partial charge in [0.25, 0.3) is 5.91 Å². The van der Waals surface area contributed by atoms with E-state index in [9.17, 15) is 9.59 Å². The van der Waals surface area contributed by atoms with Crippen molar-refractivity contribution in [3.05, 3.63) is 51.5 Å². The number of nitrogens with zero attached hydrogens (tertiary/aromatic N) is 4. The standard InChI is InChI=1S/C16H16ClN5O2/c1-9(2)22-8-11(7-18-22)19-16(24)14-15(23)12-6-10(17)4-5-13(12)21(3)20-14/h4-9H,1-3H3,(H,19,24). The van der Waals surface area contributed by atoms with Gasteiger partial charge in [-0.1, -0.05) is 11.6 Å². The highest BCUT2D eigenvalue weighted by molar-refractivity contribution is 6.31. The fourth-order valence-electron chi connectivity index (χ4n) is 2.37. The van der Waals surface area contributed by atoms with Crippen LogP contribution in [0.5, 0.6) is 0 Å². The van der Waals surface area contributed by atoms with Crippen LogP contribution in [0, 0.1) is 0 Å². The Morgan fingerprint density at radius 2 is 2.08 bits per heavy atom. The SMILES string of the molecule is CC(C)n1cc(NC(=O)c2nn(C)c3ccc(Cl)cc3c2=O)cn1. The summed E-state index contributed by atoms with van der Waals surface area (Å²) in [5.74, 6) is -0.583. The van der Waals surface area contributed by atoms with E-state index in [1.807, 2.05) is 13.8 Å². The van der Waals surface area contributed by atoms with E-state index >= 15 is 0 Å². The van der Waals surface area contributed by atoms with Crippen LogP contribution in [0.4, 0.5) is 5.69 Å². The van der Waals surface area contributed by atoms with Crippen LogP contribution >= 0.6 is 11.6 Å². The van der Waals surface area contributed by atoms with E-state index in [4.69, 9.17) is 11.6 Å². The fourth-order valence-corrected chi connectivity index (χ4v) is 2.55. The molecule has 3 rings (SSSR count). The van der Waals surface area contributed by atoms with E-state index in [2.05, 4.69) is 15.5 Å². The van der Waals surface area contributed by atoms with Gasteiger partial charge in [-0.05, 0) is 32.0 Å². The van der Waals surface area contributed by atoms with Gasteiger partial charge in [-0.15, -0.1) is 0 Å². The van der Waals surface area contributed by atoms with Crippen LogP contribution in [-0.4, -0.2) is 25.5 Å². The van der Waals surface area contributed by atoms with Crippen molar-refractivity contribution < 1.29 is 4.79 Å². The summed E-state index contributed by atoms with van der Waals surface area (Å²) in [7, 11) is 1.67. The average molecular weight is 346 g/mol. The molecule has 7 nitrogen and oxygen atoms in total. The zero-order valence-electron chi connectivity index (χ0n) is 13.4. The minimum Gasteiger partial charge on any atom is -0.318 e. The van der Waals surface area contributed by atoms with Crippen LogP contribution in [0.2, 0.25) is 5.02 Å². The van der Waals surface area contributed by atoms with Gasteiger partial charge in [0.15, 0.2) is 5.69 Å². The summed E-state index contributed by atoms with van der Waals surface area (Å²) in [6, 6.07) is 5.07. The van der Waals surface area contributed by atoms with Crippen molar-refractivity contribution in [2.45, 2.75) is 19.9 Å². The maximum absolute atomic E-state index is 12.6. The van der Waals surface area contributed by atoms with Crippen molar-refractivity contribution in [3.8, 4) is 0 Å². The summed E-state index contributed by atoms with van der Waals surface area (Å²) in [5.41, 5.74) is 0.459. The number of rotatable bonds is 3. The number of halogens is 1. The maximum Gasteiger partial charge on any atom is 0.280 e. The molecule has 1 amide bonds. The van der Waals surface area contributed by atoms with Crippen LogP contribution in [-0.2, 0) is 7.05 Å². The number of hydrogen-bond acceptors (Lipinski definition) is 4. The molecule has 1 N–H and O–H groups in total. The summed E-state index contributed by atoms with van der Waals surface area (Å²) in [4.78, 5) is 25.0. The number of benzene rings is 1. The van der Waals surface area contributed by atoms with Gasteiger partial charge < -0.3 is 5.32 Å². The number of carbonyl (C=O) groups is 1. The number of aryl methyl sites for hydroxylation is 1. The molecule has 24 heavy (non-hydrogen) atoms. The number of nitrogens with one attached hydrogen (secondary N) is 1. The zero-order chi connectivity index (χ0) is 17.4. The Bertz CT molecular complexity index is 990. The van der Waals surface area contributed by atoms with Gasteiger partial charge in [0.2, 0.25) is 5.43 Å². The van der Waals surface area contributed by atoms with Gasteiger partial charge in [-0.25, -0.2) is 0 Å². The van der Waals surface area contributed by atoms with Crippen LogP contribution in [0.1, 0.15) is 30.4 Å². The van der Waals surface area contributed by atoms with Gasteiger partial charge in [-0.3, -0.25) is 19.0 Å². The molecular formula is C16H16ClN5O2. The largest absolute Gasteiger partial charge is 0.318 e. The van der Waals surface area contributed by atoms with Crippen molar-refractivity contribution in [1.82, 2.24) is 19.6 Å². The van der Waals surface area contributed by atoms with E-state index in [1.165, 1.54) is 16.9 Å². The average Bonchev–Trinajstić information content (AvgIpc) is 2.99. The molecule has 0 unspecified atom stereocenters. The highest BCUT2D eigenvalue weighted by atomic mass is 35.5. The maximum atomic E-state index is 12.6. The number of hydrogen-bond donors (Lipinski definition) is 1. The van der Waals surface area contributed by atoms with E-state index in [-0.39, 0.29) is 11.7 Å². The molecule has 0 saturated heterocycles. The molecule has 124 valence electrons. The third-order valence-corrected chi connectivity index (χ3v) is 3.86. The molecule has 0 bridgehead atoms. The molecule has 0 atom stereocenters. The second kappa shape index (κ2) is 6.09. The molecule has 0 saturated carbocycles. The van der Waals surface area contributed by atoms with E-state index < -0.39 is 11.3 Å². The molecule has 0 aliphatic rings. The van der Waals surface area contributed by atoms with Crippen molar-refractivity contribution in [1.29, 1.82) is 0 Å². The van der Waals surface area contributed by atoms with E-state index in [0.29, 0.717) is 21.6 Å². The van der Waals surface area contributed by atoms with Crippen molar-refractivity contribution in [3.63, 3.8) is 0 Å². The lowest BCUT2D eigenvalue weighted by atomic mass is 10.2. The number of aromatic nitrogens is 4. The first-order valence-corrected chi connectivity index (χ1v) is 7.76. The minimum atomic E-state index is -0.583. The lowest BCUT2D eigenvalue weighted by Gasteiger charge is -2.08. The molecule has 0 aliphatic carbocycles. The summed E-state index contributed by atoms with van der Waals surface area (Å²) < 4.78 is 3.20. The normalized spacial score (nSPS) is 11.2. The Labute approximate surface area is 142 Å². The third kappa shape index (κ3) is 2.90.